The lowest BCUT2D eigenvalue weighted by atomic mass is 10.0. The molecule has 0 spiro atoms. The van der Waals surface area contributed by atoms with E-state index in [1.165, 1.54) is 11.3 Å². The van der Waals surface area contributed by atoms with E-state index in [4.69, 9.17) is 12.2 Å². The maximum Gasteiger partial charge on any atom is 0.170 e. The van der Waals surface area contributed by atoms with Crippen molar-refractivity contribution >= 4 is 17.3 Å². The largest absolute Gasteiger partial charge is 0.352 e. The summed E-state index contributed by atoms with van der Waals surface area (Å²) < 4.78 is 2.32. The van der Waals surface area contributed by atoms with Gasteiger partial charge in [0.15, 0.2) is 5.11 Å². The second-order valence-electron chi connectivity index (χ2n) is 7.04. The quantitative estimate of drug-likeness (QED) is 0.680. The number of pyridine rings is 2. The molecule has 4 heterocycles. The average Bonchev–Trinajstić information content (AvgIpc) is 3.28. The van der Waals surface area contributed by atoms with E-state index in [2.05, 4.69) is 63.0 Å². The number of hydrogen-bond donors (Lipinski definition) is 1. The van der Waals surface area contributed by atoms with Crippen LogP contribution in [-0.4, -0.2) is 24.5 Å². The highest BCUT2D eigenvalue weighted by molar-refractivity contribution is 7.80. The van der Waals surface area contributed by atoms with E-state index in [0.717, 1.165) is 17.4 Å². The number of aromatic nitrogens is 3. The third-order valence-corrected chi connectivity index (χ3v) is 5.32. The van der Waals surface area contributed by atoms with Gasteiger partial charge in [0.1, 0.15) is 0 Å². The minimum atomic E-state index is 0.00735. The summed E-state index contributed by atoms with van der Waals surface area (Å²) >= 11 is 5.74. The van der Waals surface area contributed by atoms with E-state index in [1.807, 2.05) is 42.9 Å². The number of thiocarbonyl (C=S) groups is 1. The van der Waals surface area contributed by atoms with Gasteiger partial charge in [-0.2, -0.15) is 0 Å². The Morgan fingerprint density at radius 1 is 1.07 bits per heavy atom. The van der Waals surface area contributed by atoms with Gasteiger partial charge in [0, 0.05) is 43.1 Å². The van der Waals surface area contributed by atoms with Gasteiger partial charge in [0.25, 0.3) is 0 Å². The zero-order valence-electron chi connectivity index (χ0n) is 15.5. The highest BCUT2D eigenvalue weighted by Crippen LogP contribution is 2.40. The van der Waals surface area contributed by atoms with Gasteiger partial charge in [0.05, 0.1) is 17.8 Å². The van der Waals surface area contributed by atoms with E-state index in [1.54, 1.807) is 0 Å². The molecule has 0 unspecified atom stereocenters. The van der Waals surface area contributed by atoms with Crippen LogP contribution in [0, 0.1) is 0 Å². The van der Waals surface area contributed by atoms with Crippen LogP contribution < -0.4 is 5.32 Å². The van der Waals surface area contributed by atoms with Gasteiger partial charge in [-0.25, -0.2) is 0 Å². The van der Waals surface area contributed by atoms with Crippen LogP contribution in [0.5, 0.6) is 0 Å². The summed E-state index contributed by atoms with van der Waals surface area (Å²) in [6, 6.07) is 14.8. The number of nitrogens with zero attached hydrogens (tertiary/aromatic N) is 4. The first-order valence-corrected chi connectivity index (χ1v) is 9.59. The first kappa shape index (κ1) is 17.7. The van der Waals surface area contributed by atoms with Gasteiger partial charge < -0.3 is 14.8 Å². The zero-order chi connectivity index (χ0) is 18.8. The molecular formula is C21H23N5S. The molecule has 2 atom stereocenters. The molecule has 27 heavy (non-hydrogen) atoms. The van der Waals surface area contributed by atoms with Gasteiger partial charge >= 0.3 is 0 Å². The van der Waals surface area contributed by atoms with Crippen molar-refractivity contribution in [1.82, 2.24) is 24.8 Å². The molecule has 0 amide bonds. The van der Waals surface area contributed by atoms with Crippen LogP contribution >= 0.6 is 12.2 Å². The predicted molar refractivity (Wildman–Crippen MR) is 110 cm³/mol. The molecule has 1 aliphatic heterocycles. The molecule has 0 aromatic carbocycles. The van der Waals surface area contributed by atoms with Gasteiger partial charge in [-0.1, -0.05) is 6.07 Å². The molecule has 6 heteroatoms. The first-order chi connectivity index (χ1) is 13.1. The molecule has 0 saturated carbocycles. The fraction of sp³-hybridized carbons (Fsp3) is 0.286. The van der Waals surface area contributed by atoms with Crippen molar-refractivity contribution in [2.75, 3.05) is 0 Å². The van der Waals surface area contributed by atoms with E-state index < -0.39 is 0 Å². The summed E-state index contributed by atoms with van der Waals surface area (Å²) in [5.41, 5.74) is 3.42. The van der Waals surface area contributed by atoms with Gasteiger partial charge in [-0.3, -0.25) is 9.97 Å². The summed E-state index contributed by atoms with van der Waals surface area (Å²) in [6.07, 6.45) is 7.62. The molecule has 0 bridgehead atoms. The topological polar surface area (TPSA) is 46.0 Å². The van der Waals surface area contributed by atoms with Crippen molar-refractivity contribution in [2.24, 2.45) is 0 Å². The summed E-state index contributed by atoms with van der Waals surface area (Å²) in [5, 5.41) is 4.26. The highest BCUT2D eigenvalue weighted by Gasteiger charge is 2.41. The van der Waals surface area contributed by atoms with Gasteiger partial charge in [0.2, 0.25) is 0 Å². The Kier molecular flexibility index (Phi) is 4.90. The first-order valence-electron chi connectivity index (χ1n) is 9.19. The SMILES string of the molecule is CC(C)n1cccc1[C@@H]1[C@H](c2ccccn2)NC(=S)N1Cc1ccncc1. The lowest BCUT2D eigenvalue weighted by Gasteiger charge is -2.29. The molecule has 3 aromatic heterocycles. The second-order valence-corrected chi connectivity index (χ2v) is 7.43. The standard InChI is InChI=1S/C21H23N5S/c1-15(2)25-13-5-7-18(25)20-19(17-6-3-4-10-23-17)24-21(27)26(20)14-16-8-11-22-12-9-16/h3-13,15,19-20H,14H2,1-2H3,(H,24,27)/t19-,20+/m0/s1. The summed E-state index contributed by atoms with van der Waals surface area (Å²) in [7, 11) is 0. The Labute approximate surface area is 165 Å². The monoisotopic (exact) mass is 377 g/mol. The average molecular weight is 378 g/mol. The van der Waals surface area contributed by atoms with Crippen molar-refractivity contribution in [3.8, 4) is 0 Å². The Bertz CT molecular complexity index is 907. The van der Waals surface area contributed by atoms with E-state index >= 15 is 0 Å². The Balaban J connectivity index is 1.77. The van der Waals surface area contributed by atoms with Crippen molar-refractivity contribution in [1.29, 1.82) is 0 Å². The zero-order valence-corrected chi connectivity index (χ0v) is 16.3. The van der Waals surface area contributed by atoms with Crippen LogP contribution in [0.1, 0.15) is 48.9 Å². The van der Waals surface area contributed by atoms with Gasteiger partial charge in [-0.15, -0.1) is 0 Å². The predicted octanol–water partition coefficient (Wildman–Crippen LogP) is 4.03. The molecule has 4 rings (SSSR count). The van der Waals surface area contributed by atoms with Crippen molar-refractivity contribution in [3.05, 3.63) is 84.2 Å². The van der Waals surface area contributed by atoms with Crippen LogP contribution in [-0.2, 0) is 6.54 Å². The van der Waals surface area contributed by atoms with Crippen molar-refractivity contribution < 1.29 is 0 Å². The maximum atomic E-state index is 5.74. The van der Waals surface area contributed by atoms with Crippen LogP contribution in [0.2, 0.25) is 0 Å². The maximum absolute atomic E-state index is 5.74. The molecule has 1 saturated heterocycles. The number of nitrogens with one attached hydrogen (secondary N) is 1. The molecule has 1 aliphatic rings. The van der Waals surface area contributed by atoms with E-state index in [9.17, 15) is 0 Å². The normalized spacial score (nSPS) is 19.5. The van der Waals surface area contributed by atoms with Crippen LogP contribution in [0.3, 0.4) is 0 Å². The van der Waals surface area contributed by atoms with Crippen LogP contribution in [0.25, 0.3) is 0 Å². The number of hydrogen-bond acceptors (Lipinski definition) is 3. The molecule has 5 nitrogen and oxygen atoms in total. The molecule has 0 aliphatic carbocycles. The minimum absolute atomic E-state index is 0.00735. The fourth-order valence-electron chi connectivity index (χ4n) is 3.71. The third kappa shape index (κ3) is 3.45. The summed E-state index contributed by atoms with van der Waals surface area (Å²) in [4.78, 5) is 11.0. The highest BCUT2D eigenvalue weighted by atomic mass is 32.1. The number of rotatable bonds is 5. The molecule has 138 valence electrons. The lowest BCUT2D eigenvalue weighted by Crippen LogP contribution is -2.30. The van der Waals surface area contributed by atoms with E-state index in [0.29, 0.717) is 6.04 Å². The van der Waals surface area contributed by atoms with Crippen molar-refractivity contribution in [3.63, 3.8) is 0 Å². The summed E-state index contributed by atoms with van der Waals surface area (Å²) in [5.74, 6) is 0. The minimum Gasteiger partial charge on any atom is -0.352 e. The lowest BCUT2D eigenvalue weighted by molar-refractivity contribution is 0.293. The molecular weight excluding hydrogens is 354 g/mol. The van der Waals surface area contributed by atoms with E-state index in [-0.39, 0.29) is 12.1 Å². The molecule has 0 radical (unpaired) electrons. The van der Waals surface area contributed by atoms with Crippen LogP contribution in [0.4, 0.5) is 0 Å². The smallest absolute Gasteiger partial charge is 0.170 e. The van der Waals surface area contributed by atoms with Gasteiger partial charge in [-0.05, 0) is 68.0 Å². The Morgan fingerprint density at radius 3 is 2.59 bits per heavy atom. The summed E-state index contributed by atoms with van der Waals surface area (Å²) in [6.45, 7) is 5.13. The third-order valence-electron chi connectivity index (χ3n) is 4.97. The second kappa shape index (κ2) is 7.48. The van der Waals surface area contributed by atoms with Crippen molar-refractivity contribution in [2.45, 2.75) is 38.5 Å². The van der Waals surface area contributed by atoms with Crippen LogP contribution in [0.15, 0.2) is 67.3 Å². The molecule has 3 aromatic rings. The Morgan fingerprint density at radius 2 is 1.89 bits per heavy atom. The fourth-order valence-corrected chi connectivity index (χ4v) is 4.02. The molecule has 1 N–H and O–H groups in total. The Hall–Kier alpha value is -2.73. The molecule has 1 fully saturated rings.